The second-order valence-electron chi connectivity index (χ2n) is 5.61. The molecule has 3 heteroatoms. The zero-order valence-electron chi connectivity index (χ0n) is 10.7. The summed E-state index contributed by atoms with van der Waals surface area (Å²) < 4.78 is 0. The second kappa shape index (κ2) is 5.99. The fourth-order valence-electron chi connectivity index (χ4n) is 3.11. The van der Waals surface area contributed by atoms with E-state index in [-0.39, 0.29) is 0 Å². The Kier molecular flexibility index (Phi) is 4.62. The van der Waals surface area contributed by atoms with Gasteiger partial charge in [-0.15, -0.1) is 0 Å². The van der Waals surface area contributed by atoms with Crippen molar-refractivity contribution >= 4 is 0 Å². The van der Waals surface area contributed by atoms with Gasteiger partial charge in [0.05, 0.1) is 0 Å². The van der Waals surface area contributed by atoms with Gasteiger partial charge in [-0.05, 0) is 52.2 Å². The van der Waals surface area contributed by atoms with Crippen molar-refractivity contribution in [2.24, 2.45) is 5.73 Å². The van der Waals surface area contributed by atoms with Gasteiger partial charge < -0.3 is 10.6 Å². The summed E-state index contributed by atoms with van der Waals surface area (Å²) in [5.41, 5.74) is 6.02. The van der Waals surface area contributed by atoms with Crippen LogP contribution in [0.4, 0.5) is 0 Å². The van der Waals surface area contributed by atoms with E-state index in [9.17, 15) is 0 Å². The van der Waals surface area contributed by atoms with Crippen molar-refractivity contribution in [3.05, 3.63) is 0 Å². The lowest BCUT2D eigenvalue weighted by atomic mass is 10.0. The van der Waals surface area contributed by atoms with Gasteiger partial charge in [0.25, 0.3) is 0 Å². The standard InChI is InChI=1S/C13H27N3/c1-12(16-8-3-2-4-9-16)10-15-7-5-6-13(14)11-15/h12-13H,2-11,14H2,1H3. The summed E-state index contributed by atoms with van der Waals surface area (Å²) in [6.07, 6.45) is 6.72. The summed E-state index contributed by atoms with van der Waals surface area (Å²) in [5, 5.41) is 0. The Hall–Kier alpha value is -0.120. The minimum atomic E-state index is 0.419. The van der Waals surface area contributed by atoms with Gasteiger partial charge in [-0.1, -0.05) is 6.42 Å². The third-order valence-electron chi connectivity index (χ3n) is 4.08. The van der Waals surface area contributed by atoms with Crippen LogP contribution in [0.1, 0.15) is 39.0 Å². The van der Waals surface area contributed by atoms with Crippen molar-refractivity contribution in [3.8, 4) is 0 Å². The molecule has 0 saturated carbocycles. The molecule has 2 fully saturated rings. The fourth-order valence-corrected chi connectivity index (χ4v) is 3.11. The molecule has 16 heavy (non-hydrogen) atoms. The van der Waals surface area contributed by atoms with Gasteiger partial charge in [0.1, 0.15) is 0 Å². The number of likely N-dealkylation sites (tertiary alicyclic amines) is 2. The predicted molar refractivity (Wildman–Crippen MR) is 68.5 cm³/mol. The van der Waals surface area contributed by atoms with Gasteiger partial charge in [-0.25, -0.2) is 0 Å². The lowest BCUT2D eigenvalue weighted by molar-refractivity contribution is 0.112. The largest absolute Gasteiger partial charge is 0.327 e. The number of rotatable bonds is 3. The minimum absolute atomic E-state index is 0.419. The quantitative estimate of drug-likeness (QED) is 0.785. The molecule has 0 aromatic rings. The smallest absolute Gasteiger partial charge is 0.0194 e. The number of nitrogens with two attached hydrogens (primary N) is 1. The molecule has 94 valence electrons. The maximum absolute atomic E-state index is 6.02. The van der Waals surface area contributed by atoms with Crippen LogP contribution in [0.25, 0.3) is 0 Å². The average Bonchev–Trinajstić information content (AvgIpc) is 2.30. The van der Waals surface area contributed by atoms with E-state index < -0.39 is 0 Å². The SMILES string of the molecule is CC(CN1CCCC(N)C1)N1CCCCC1. The van der Waals surface area contributed by atoms with Crippen LogP contribution in [0, 0.1) is 0 Å². The first-order valence-electron chi connectivity index (χ1n) is 6.97. The average molecular weight is 225 g/mol. The van der Waals surface area contributed by atoms with Crippen LogP contribution in [0.5, 0.6) is 0 Å². The van der Waals surface area contributed by atoms with Gasteiger partial charge >= 0.3 is 0 Å². The molecule has 2 rings (SSSR count). The number of hydrogen-bond donors (Lipinski definition) is 1. The molecule has 0 aromatic heterocycles. The van der Waals surface area contributed by atoms with E-state index in [1.54, 1.807) is 0 Å². The first-order chi connectivity index (χ1) is 7.75. The molecule has 2 saturated heterocycles. The Bertz CT molecular complexity index is 201. The molecule has 2 aliphatic heterocycles. The van der Waals surface area contributed by atoms with Crippen LogP contribution in [0.2, 0.25) is 0 Å². The lowest BCUT2D eigenvalue weighted by Gasteiger charge is -2.38. The number of hydrogen-bond acceptors (Lipinski definition) is 3. The summed E-state index contributed by atoms with van der Waals surface area (Å²) in [4.78, 5) is 5.22. The van der Waals surface area contributed by atoms with Crippen LogP contribution in [0.15, 0.2) is 0 Å². The van der Waals surface area contributed by atoms with Crippen molar-refractivity contribution in [2.45, 2.75) is 51.1 Å². The molecule has 0 aliphatic carbocycles. The van der Waals surface area contributed by atoms with E-state index in [1.165, 1.54) is 58.3 Å². The highest BCUT2D eigenvalue weighted by atomic mass is 15.2. The molecule has 2 atom stereocenters. The Morgan fingerprint density at radius 2 is 1.88 bits per heavy atom. The predicted octanol–water partition coefficient (Wildman–Crippen LogP) is 1.28. The summed E-state index contributed by atoms with van der Waals surface area (Å²) in [6, 6.07) is 1.13. The van der Waals surface area contributed by atoms with Gasteiger partial charge in [0.15, 0.2) is 0 Å². The van der Waals surface area contributed by atoms with Crippen LogP contribution >= 0.6 is 0 Å². The van der Waals surface area contributed by atoms with E-state index in [0.29, 0.717) is 12.1 Å². The fraction of sp³-hybridized carbons (Fsp3) is 1.00. The molecule has 2 aliphatic rings. The first kappa shape index (κ1) is 12.3. The van der Waals surface area contributed by atoms with Crippen molar-refractivity contribution in [1.82, 2.24) is 9.80 Å². The van der Waals surface area contributed by atoms with Gasteiger partial charge in [0, 0.05) is 25.2 Å². The normalized spacial score (nSPS) is 31.5. The molecule has 0 aromatic carbocycles. The third kappa shape index (κ3) is 3.44. The highest BCUT2D eigenvalue weighted by molar-refractivity contribution is 4.80. The topological polar surface area (TPSA) is 32.5 Å². The molecule has 0 amide bonds. The van der Waals surface area contributed by atoms with Gasteiger partial charge in [0.2, 0.25) is 0 Å². The van der Waals surface area contributed by atoms with Crippen molar-refractivity contribution in [2.75, 3.05) is 32.7 Å². The highest BCUT2D eigenvalue weighted by Crippen LogP contribution is 2.15. The van der Waals surface area contributed by atoms with Crippen LogP contribution < -0.4 is 5.73 Å². The molecular formula is C13H27N3. The van der Waals surface area contributed by atoms with Crippen molar-refractivity contribution < 1.29 is 0 Å². The summed E-state index contributed by atoms with van der Waals surface area (Å²) >= 11 is 0. The minimum Gasteiger partial charge on any atom is -0.327 e. The molecular weight excluding hydrogens is 198 g/mol. The van der Waals surface area contributed by atoms with Crippen LogP contribution in [-0.4, -0.2) is 54.6 Å². The number of piperidine rings is 2. The van der Waals surface area contributed by atoms with Gasteiger partial charge in [-0.3, -0.25) is 4.90 Å². The Morgan fingerprint density at radius 1 is 1.12 bits per heavy atom. The van der Waals surface area contributed by atoms with Crippen LogP contribution in [-0.2, 0) is 0 Å². The van der Waals surface area contributed by atoms with Gasteiger partial charge in [-0.2, -0.15) is 0 Å². The zero-order valence-corrected chi connectivity index (χ0v) is 10.7. The first-order valence-corrected chi connectivity index (χ1v) is 6.97. The van der Waals surface area contributed by atoms with E-state index in [2.05, 4.69) is 16.7 Å². The molecule has 3 nitrogen and oxygen atoms in total. The molecule has 2 heterocycles. The second-order valence-corrected chi connectivity index (χ2v) is 5.61. The molecule has 0 bridgehead atoms. The van der Waals surface area contributed by atoms with E-state index >= 15 is 0 Å². The van der Waals surface area contributed by atoms with E-state index in [0.717, 1.165) is 6.54 Å². The molecule has 0 spiro atoms. The van der Waals surface area contributed by atoms with E-state index in [1.807, 2.05) is 0 Å². The summed E-state index contributed by atoms with van der Waals surface area (Å²) in [7, 11) is 0. The Labute approximate surface area is 100.0 Å². The molecule has 0 radical (unpaired) electrons. The summed E-state index contributed by atoms with van der Waals surface area (Å²) in [5.74, 6) is 0. The Balaban J connectivity index is 1.74. The lowest BCUT2D eigenvalue weighted by Crippen LogP contribution is -2.49. The van der Waals surface area contributed by atoms with Crippen molar-refractivity contribution in [1.29, 1.82) is 0 Å². The monoisotopic (exact) mass is 225 g/mol. The highest BCUT2D eigenvalue weighted by Gasteiger charge is 2.22. The zero-order chi connectivity index (χ0) is 11.4. The van der Waals surface area contributed by atoms with Crippen molar-refractivity contribution in [3.63, 3.8) is 0 Å². The van der Waals surface area contributed by atoms with E-state index in [4.69, 9.17) is 5.73 Å². The summed E-state index contributed by atoms with van der Waals surface area (Å²) in [6.45, 7) is 8.57. The Morgan fingerprint density at radius 3 is 2.56 bits per heavy atom. The number of nitrogens with zero attached hydrogens (tertiary/aromatic N) is 2. The van der Waals surface area contributed by atoms with Crippen LogP contribution in [0.3, 0.4) is 0 Å². The third-order valence-corrected chi connectivity index (χ3v) is 4.08. The maximum Gasteiger partial charge on any atom is 0.0194 e. The molecule has 2 unspecified atom stereocenters. The maximum atomic E-state index is 6.02. The molecule has 2 N–H and O–H groups in total.